The molecule has 1 atom stereocenters. The van der Waals surface area contributed by atoms with E-state index < -0.39 is 0 Å². The van der Waals surface area contributed by atoms with Gasteiger partial charge in [0.25, 0.3) is 0 Å². The van der Waals surface area contributed by atoms with Crippen LogP contribution in [0.3, 0.4) is 0 Å². The zero-order valence-corrected chi connectivity index (χ0v) is 7.63. The molecule has 0 saturated carbocycles. The SMILES string of the molecule is CC(C)C(CF)c1ccccc1. The third-order valence-corrected chi connectivity index (χ3v) is 2.20. The molecular formula is C11H15F. The highest BCUT2D eigenvalue weighted by atomic mass is 19.1. The average molecular weight is 166 g/mol. The normalized spacial score (nSPS) is 13.3. The summed E-state index contributed by atoms with van der Waals surface area (Å²) >= 11 is 0. The van der Waals surface area contributed by atoms with Gasteiger partial charge in [0.05, 0.1) is 6.67 Å². The number of hydrogen-bond acceptors (Lipinski definition) is 0. The molecule has 0 radical (unpaired) electrons. The molecule has 1 rings (SSSR count). The Hall–Kier alpha value is -0.850. The highest BCUT2D eigenvalue weighted by Crippen LogP contribution is 2.24. The van der Waals surface area contributed by atoms with Crippen molar-refractivity contribution in [3.05, 3.63) is 35.9 Å². The highest BCUT2D eigenvalue weighted by Gasteiger charge is 2.14. The van der Waals surface area contributed by atoms with E-state index >= 15 is 0 Å². The lowest BCUT2D eigenvalue weighted by atomic mass is 9.90. The lowest BCUT2D eigenvalue weighted by Gasteiger charge is -2.17. The van der Waals surface area contributed by atoms with Gasteiger partial charge in [-0.3, -0.25) is 4.39 Å². The van der Waals surface area contributed by atoms with Gasteiger partial charge in [-0.05, 0) is 11.5 Å². The molecule has 0 nitrogen and oxygen atoms in total. The summed E-state index contributed by atoms with van der Waals surface area (Å²) in [7, 11) is 0. The molecule has 0 N–H and O–H groups in total. The minimum absolute atomic E-state index is 0.0613. The van der Waals surface area contributed by atoms with E-state index in [0.29, 0.717) is 5.92 Å². The molecule has 1 aromatic carbocycles. The summed E-state index contributed by atoms with van der Waals surface area (Å²) in [6, 6.07) is 9.86. The second-order valence-corrected chi connectivity index (χ2v) is 3.42. The van der Waals surface area contributed by atoms with Gasteiger partial charge in [-0.15, -0.1) is 0 Å². The summed E-state index contributed by atoms with van der Waals surface area (Å²) < 4.78 is 12.6. The van der Waals surface area contributed by atoms with Gasteiger partial charge in [0.1, 0.15) is 0 Å². The van der Waals surface area contributed by atoms with E-state index in [1.807, 2.05) is 30.3 Å². The molecule has 0 bridgehead atoms. The summed E-state index contributed by atoms with van der Waals surface area (Å²) in [5.41, 5.74) is 1.11. The van der Waals surface area contributed by atoms with Crippen molar-refractivity contribution in [1.82, 2.24) is 0 Å². The molecule has 0 heterocycles. The molecule has 66 valence electrons. The Morgan fingerprint density at radius 1 is 1.17 bits per heavy atom. The Kier molecular flexibility index (Phi) is 3.27. The van der Waals surface area contributed by atoms with Crippen LogP contribution in [0, 0.1) is 5.92 Å². The number of hydrogen-bond donors (Lipinski definition) is 0. The average Bonchev–Trinajstić information content (AvgIpc) is 2.07. The van der Waals surface area contributed by atoms with Crippen molar-refractivity contribution in [1.29, 1.82) is 0 Å². The van der Waals surface area contributed by atoms with Crippen LogP contribution in [0.1, 0.15) is 25.3 Å². The summed E-state index contributed by atoms with van der Waals surface area (Å²) in [5, 5.41) is 0. The van der Waals surface area contributed by atoms with Gasteiger partial charge in [-0.1, -0.05) is 44.2 Å². The summed E-state index contributed by atoms with van der Waals surface area (Å²) in [4.78, 5) is 0. The zero-order chi connectivity index (χ0) is 8.97. The van der Waals surface area contributed by atoms with E-state index in [1.54, 1.807) is 0 Å². The summed E-state index contributed by atoms with van der Waals surface area (Å²) in [6.45, 7) is 3.84. The van der Waals surface area contributed by atoms with Crippen LogP contribution in [0.5, 0.6) is 0 Å². The van der Waals surface area contributed by atoms with Gasteiger partial charge in [0, 0.05) is 5.92 Å². The quantitative estimate of drug-likeness (QED) is 0.645. The van der Waals surface area contributed by atoms with Crippen LogP contribution >= 0.6 is 0 Å². The summed E-state index contributed by atoms with van der Waals surface area (Å²) in [5.74, 6) is 0.434. The molecule has 0 fully saturated rings. The fourth-order valence-electron chi connectivity index (χ4n) is 1.35. The molecule has 0 aromatic heterocycles. The first-order valence-corrected chi connectivity index (χ1v) is 4.36. The van der Waals surface area contributed by atoms with E-state index in [1.165, 1.54) is 0 Å². The lowest BCUT2D eigenvalue weighted by Crippen LogP contribution is -2.08. The largest absolute Gasteiger partial charge is 0.250 e. The van der Waals surface area contributed by atoms with E-state index in [4.69, 9.17) is 0 Å². The zero-order valence-electron chi connectivity index (χ0n) is 7.63. The van der Waals surface area contributed by atoms with Gasteiger partial charge >= 0.3 is 0 Å². The molecule has 0 spiro atoms. The fraction of sp³-hybridized carbons (Fsp3) is 0.455. The maximum Gasteiger partial charge on any atom is 0.0965 e. The van der Waals surface area contributed by atoms with Gasteiger partial charge in [0.15, 0.2) is 0 Å². The van der Waals surface area contributed by atoms with Crippen molar-refractivity contribution < 1.29 is 4.39 Å². The van der Waals surface area contributed by atoms with Crippen molar-refractivity contribution in [3.63, 3.8) is 0 Å². The number of halogens is 1. The summed E-state index contributed by atoms with van der Waals surface area (Å²) in [6.07, 6.45) is 0. The molecule has 0 amide bonds. The van der Waals surface area contributed by atoms with Crippen LogP contribution in [0.15, 0.2) is 30.3 Å². The molecule has 0 saturated heterocycles. The highest BCUT2D eigenvalue weighted by molar-refractivity contribution is 5.19. The minimum atomic E-state index is -0.262. The fourth-order valence-corrected chi connectivity index (χ4v) is 1.35. The molecule has 1 unspecified atom stereocenters. The lowest BCUT2D eigenvalue weighted by molar-refractivity contribution is 0.366. The van der Waals surface area contributed by atoms with Crippen LogP contribution in [-0.2, 0) is 0 Å². The second kappa shape index (κ2) is 4.24. The van der Waals surface area contributed by atoms with Gasteiger partial charge in [-0.25, -0.2) is 0 Å². The predicted molar refractivity (Wildman–Crippen MR) is 50.0 cm³/mol. The Morgan fingerprint density at radius 2 is 1.75 bits per heavy atom. The predicted octanol–water partition coefficient (Wildman–Crippen LogP) is 3.40. The van der Waals surface area contributed by atoms with Gasteiger partial charge in [-0.2, -0.15) is 0 Å². The monoisotopic (exact) mass is 166 g/mol. The van der Waals surface area contributed by atoms with Crippen LogP contribution in [0.25, 0.3) is 0 Å². The van der Waals surface area contributed by atoms with E-state index in [0.717, 1.165) is 5.56 Å². The molecule has 12 heavy (non-hydrogen) atoms. The standard InChI is InChI=1S/C11H15F/c1-9(2)11(8-12)10-6-4-3-5-7-10/h3-7,9,11H,8H2,1-2H3. The first kappa shape index (κ1) is 9.24. The van der Waals surface area contributed by atoms with E-state index in [-0.39, 0.29) is 12.6 Å². The third kappa shape index (κ3) is 2.07. The number of rotatable bonds is 3. The Balaban J connectivity index is 2.80. The minimum Gasteiger partial charge on any atom is -0.250 e. The molecule has 0 aliphatic rings. The smallest absolute Gasteiger partial charge is 0.0965 e. The number of benzene rings is 1. The van der Waals surface area contributed by atoms with Crippen LogP contribution in [0.4, 0.5) is 4.39 Å². The molecule has 1 aromatic rings. The topological polar surface area (TPSA) is 0 Å². The van der Waals surface area contributed by atoms with Gasteiger partial charge in [0.2, 0.25) is 0 Å². The van der Waals surface area contributed by atoms with E-state index in [9.17, 15) is 4.39 Å². The second-order valence-electron chi connectivity index (χ2n) is 3.42. The Bertz CT molecular complexity index is 216. The molecule has 0 aliphatic heterocycles. The van der Waals surface area contributed by atoms with E-state index in [2.05, 4.69) is 13.8 Å². The molecule has 0 aliphatic carbocycles. The van der Waals surface area contributed by atoms with Crippen molar-refractivity contribution in [2.45, 2.75) is 19.8 Å². The maximum absolute atomic E-state index is 12.6. The van der Waals surface area contributed by atoms with Crippen molar-refractivity contribution >= 4 is 0 Å². The maximum atomic E-state index is 12.6. The van der Waals surface area contributed by atoms with Crippen molar-refractivity contribution in [2.75, 3.05) is 6.67 Å². The number of alkyl halides is 1. The Labute approximate surface area is 73.4 Å². The third-order valence-electron chi connectivity index (χ3n) is 2.20. The molecular weight excluding hydrogens is 151 g/mol. The van der Waals surface area contributed by atoms with Gasteiger partial charge < -0.3 is 0 Å². The van der Waals surface area contributed by atoms with Crippen LogP contribution in [0.2, 0.25) is 0 Å². The Morgan fingerprint density at radius 3 is 2.17 bits per heavy atom. The molecule has 1 heteroatoms. The van der Waals surface area contributed by atoms with Crippen molar-refractivity contribution in [2.24, 2.45) is 5.92 Å². The first-order chi connectivity index (χ1) is 5.75. The first-order valence-electron chi connectivity index (χ1n) is 4.36. The van der Waals surface area contributed by atoms with Crippen molar-refractivity contribution in [3.8, 4) is 0 Å². The van der Waals surface area contributed by atoms with Crippen LogP contribution < -0.4 is 0 Å². The van der Waals surface area contributed by atoms with Crippen LogP contribution in [-0.4, -0.2) is 6.67 Å².